The number of benzene rings is 2. The van der Waals surface area contributed by atoms with Gasteiger partial charge in [-0.05, 0) is 29.7 Å². The number of rotatable bonds is 6. The normalized spacial score (nSPS) is 10.8. The van der Waals surface area contributed by atoms with Crippen molar-refractivity contribution in [1.82, 2.24) is 14.8 Å². The van der Waals surface area contributed by atoms with Gasteiger partial charge in [0.05, 0.1) is 24.0 Å². The molecule has 0 aliphatic carbocycles. The zero-order chi connectivity index (χ0) is 19.3. The van der Waals surface area contributed by atoms with Crippen LogP contribution in [0.4, 0.5) is 5.13 Å². The molecule has 0 spiro atoms. The summed E-state index contributed by atoms with van der Waals surface area (Å²) in [6.45, 7) is 2.13. The Kier molecular flexibility index (Phi) is 5.30. The van der Waals surface area contributed by atoms with Gasteiger partial charge in [-0.2, -0.15) is 5.10 Å². The van der Waals surface area contributed by atoms with Crippen molar-refractivity contribution in [3.8, 4) is 16.9 Å². The largest absolute Gasteiger partial charge is 0.302 e. The van der Waals surface area contributed by atoms with Crippen LogP contribution in [0.25, 0.3) is 16.9 Å². The number of carbonyl (C=O) groups excluding carboxylic acids is 1. The maximum atomic E-state index is 12.4. The molecule has 0 unspecified atom stereocenters. The Labute approximate surface area is 167 Å². The van der Waals surface area contributed by atoms with Gasteiger partial charge >= 0.3 is 0 Å². The van der Waals surface area contributed by atoms with E-state index in [9.17, 15) is 4.79 Å². The topological polar surface area (TPSA) is 59.8 Å². The van der Waals surface area contributed by atoms with Gasteiger partial charge in [0, 0.05) is 17.1 Å². The van der Waals surface area contributed by atoms with E-state index in [4.69, 9.17) is 0 Å². The van der Waals surface area contributed by atoms with Crippen molar-refractivity contribution in [3.05, 3.63) is 83.5 Å². The molecule has 5 nitrogen and oxygen atoms in total. The second-order valence-electron chi connectivity index (χ2n) is 6.44. The van der Waals surface area contributed by atoms with Gasteiger partial charge in [0.1, 0.15) is 0 Å². The van der Waals surface area contributed by atoms with E-state index in [-0.39, 0.29) is 12.3 Å². The molecule has 0 atom stereocenters. The molecule has 0 aliphatic heterocycles. The molecule has 1 amide bonds. The number of anilines is 1. The molecule has 4 aromatic rings. The lowest BCUT2D eigenvalue weighted by Crippen LogP contribution is -2.13. The van der Waals surface area contributed by atoms with E-state index in [1.807, 2.05) is 41.9 Å². The summed E-state index contributed by atoms with van der Waals surface area (Å²) in [7, 11) is 0. The van der Waals surface area contributed by atoms with Crippen LogP contribution in [0.15, 0.2) is 72.4 Å². The van der Waals surface area contributed by atoms with Crippen LogP contribution >= 0.6 is 11.3 Å². The number of nitrogens with one attached hydrogen (secondary N) is 1. The molecule has 1 N–H and O–H groups in total. The second-order valence-corrected chi connectivity index (χ2v) is 7.30. The average molecular weight is 388 g/mol. The predicted molar refractivity (Wildman–Crippen MR) is 113 cm³/mol. The quantitative estimate of drug-likeness (QED) is 0.519. The van der Waals surface area contributed by atoms with Gasteiger partial charge in [-0.1, -0.05) is 49.4 Å². The summed E-state index contributed by atoms with van der Waals surface area (Å²) in [5.74, 6) is -0.102. The first-order valence-corrected chi connectivity index (χ1v) is 10.0. The predicted octanol–water partition coefficient (Wildman–Crippen LogP) is 4.74. The molecule has 4 rings (SSSR count). The summed E-state index contributed by atoms with van der Waals surface area (Å²) in [4.78, 5) is 16.9. The van der Waals surface area contributed by atoms with Gasteiger partial charge in [-0.25, -0.2) is 9.67 Å². The Bertz CT molecular complexity index is 1070. The lowest BCUT2D eigenvalue weighted by molar-refractivity contribution is -0.115. The molecule has 0 saturated heterocycles. The minimum absolute atomic E-state index is 0.102. The number of hydrogen-bond donors (Lipinski definition) is 1. The van der Waals surface area contributed by atoms with E-state index in [1.54, 1.807) is 10.9 Å². The Morgan fingerprint density at radius 3 is 2.61 bits per heavy atom. The fourth-order valence-corrected chi connectivity index (χ4v) is 3.63. The zero-order valence-electron chi connectivity index (χ0n) is 15.5. The molecule has 6 heteroatoms. The van der Waals surface area contributed by atoms with Crippen molar-refractivity contribution in [2.45, 2.75) is 19.8 Å². The van der Waals surface area contributed by atoms with Crippen molar-refractivity contribution in [2.24, 2.45) is 0 Å². The molecule has 0 saturated carbocycles. The van der Waals surface area contributed by atoms with Crippen molar-refractivity contribution in [3.63, 3.8) is 0 Å². The molecule has 0 radical (unpaired) electrons. The maximum Gasteiger partial charge on any atom is 0.230 e. The van der Waals surface area contributed by atoms with Crippen LogP contribution in [0.2, 0.25) is 0 Å². The third kappa shape index (κ3) is 4.18. The van der Waals surface area contributed by atoms with E-state index < -0.39 is 0 Å². The van der Waals surface area contributed by atoms with Crippen LogP contribution in [0.5, 0.6) is 0 Å². The number of amides is 1. The Morgan fingerprint density at radius 2 is 1.86 bits per heavy atom. The van der Waals surface area contributed by atoms with E-state index in [0.717, 1.165) is 28.9 Å². The maximum absolute atomic E-state index is 12.4. The van der Waals surface area contributed by atoms with Crippen LogP contribution in [-0.2, 0) is 17.6 Å². The van der Waals surface area contributed by atoms with Crippen molar-refractivity contribution < 1.29 is 4.79 Å². The van der Waals surface area contributed by atoms with Crippen LogP contribution in [0, 0.1) is 0 Å². The standard InChI is InChI=1S/C22H20N4OS/c1-2-16-8-10-18(11-9-16)20-15-28-22(24-20)25-21(27)12-17-13-23-26(14-17)19-6-4-3-5-7-19/h3-11,13-15H,2,12H2,1H3,(H,24,25,27). The highest BCUT2D eigenvalue weighted by molar-refractivity contribution is 7.14. The summed E-state index contributed by atoms with van der Waals surface area (Å²) >= 11 is 1.43. The summed E-state index contributed by atoms with van der Waals surface area (Å²) in [5.41, 5.74) is 5.04. The molecular weight excluding hydrogens is 368 g/mol. The second kappa shape index (κ2) is 8.19. The minimum atomic E-state index is -0.102. The van der Waals surface area contributed by atoms with E-state index >= 15 is 0 Å². The van der Waals surface area contributed by atoms with Gasteiger partial charge in [0.25, 0.3) is 0 Å². The lowest BCUT2D eigenvalue weighted by Gasteiger charge is -2.01. The monoisotopic (exact) mass is 388 g/mol. The lowest BCUT2D eigenvalue weighted by atomic mass is 10.1. The highest BCUT2D eigenvalue weighted by Crippen LogP contribution is 2.25. The smallest absolute Gasteiger partial charge is 0.230 e. The van der Waals surface area contributed by atoms with Crippen molar-refractivity contribution >= 4 is 22.4 Å². The van der Waals surface area contributed by atoms with Gasteiger partial charge in [-0.15, -0.1) is 11.3 Å². The zero-order valence-corrected chi connectivity index (χ0v) is 16.3. The van der Waals surface area contributed by atoms with Crippen molar-refractivity contribution in [1.29, 1.82) is 0 Å². The first kappa shape index (κ1) is 18.1. The first-order chi connectivity index (χ1) is 13.7. The fourth-order valence-electron chi connectivity index (χ4n) is 2.90. The van der Waals surface area contributed by atoms with Crippen LogP contribution < -0.4 is 5.32 Å². The van der Waals surface area contributed by atoms with E-state index in [1.165, 1.54) is 16.9 Å². The number of hydrogen-bond acceptors (Lipinski definition) is 4. The minimum Gasteiger partial charge on any atom is -0.302 e. The number of carbonyl (C=O) groups is 1. The van der Waals surface area contributed by atoms with E-state index in [0.29, 0.717) is 5.13 Å². The third-order valence-corrected chi connectivity index (χ3v) is 5.19. The Morgan fingerprint density at radius 1 is 1.07 bits per heavy atom. The molecule has 0 aliphatic rings. The third-order valence-electron chi connectivity index (χ3n) is 4.43. The number of aryl methyl sites for hydroxylation is 1. The molecule has 2 heterocycles. The summed E-state index contributed by atoms with van der Waals surface area (Å²) < 4.78 is 1.77. The number of para-hydroxylation sites is 1. The molecule has 2 aromatic carbocycles. The summed E-state index contributed by atoms with van der Waals surface area (Å²) in [6.07, 6.45) is 4.86. The van der Waals surface area contributed by atoms with Crippen LogP contribution in [0.1, 0.15) is 18.1 Å². The van der Waals surface area contributed by atoms with Crippen LogP contribution in [0.3, 0.4) is 0 Å². The van der Waals surface area contributed by atoms with Gasteiger partial charge in [0.15, 0.2) is 5.13 Å². The number of nitrogens with zero attached hydrogens (tertiary/aromatic N) is 3. The molecule has 140 valence electrons. The number of thiazole rings is 1. The van der Waals surface area contributed by atoms with Crippen molar-refractivity contribution in [2.75, 3.05) is 5.32 Å². The average Bonchev–Trinajstić information content (AvgIpc) is 3.38. The van der Waals surface area contributed by atoms with Crippen LogP contribution in [-0.4, -0.2) is 20.7 Å². The summed E-state index contributed by atoms with van der Waals surface area (Å²) in [5, 5.41) is 9.78. The molecule has 0 fully saturated rings. The molecule has 0 bridgehead atoms. The van der Waals surface area contributed by atoms with Gasteiger partial charge < -0.3 is 5.32 Å². The number of aromatic nitrogens is 3. The molecule has 28 heavy (non-hydrogen) atoms. The Hall–Kier alpha value is -3.25. The first-order valence-electron chi connectivity index (χ1n) is 9.15. The highest BCUT2D eigenvalue weighted by Gasteiger charge is 2.10. The van der Waals surface area contributed by atoms with E-state index in [2.05, 4.69) is 46.6 Å². The molecule has 2 aromatic heterocycles. The molecular formula is C22H20N4OS. The van der Waals surface area contributed by atoms with Gasteiger partial charge in [0.2, 0.25) is 5.91 Å². The summed E-state index contributed by atoms with van der Waals surface area (Å²) in [6, 6.07) is 18.2. The SMILES string of the molecule is CCc1ccc(-c2csc(NC(=O)Cc3cnn(-c4ccccc4)c3)n2)cc1. The fraction of sp³-hybridized carbons (Fsp3) is 0.136. The van der Waals surface area contributed by atoms with Gasteiger partial charge in [-0.3, -0.25) is 4.79 Å². The Balaban J connectivity index is 1.39. The highest BCUT2D eigenvalue weighted by atomic mass is 32.1.